The molecule has 2 rings (SSSR count). The fraction of sp³-hybridized carbons (Fsp3) is 0.438. The molecule has 0 aliphatic carbocycles. The van der Waals surface area contributed by atoms with Gasteiger partial charge in [-0.05, 0) is 49.4 Å². The van der Waals surface area contributed by atoms with Crippen LogP contribution < -0.4 is 4.90 Å². The van der Waals surface area contributed by atoms with Gasteiger partial charge in [0.05, 0.1) is 5.56 Å². The van der Waals surface area contributed by atoms with Gasteiger partial charge in [0.15, 0.2) is 0 Å². The smallest absolute Gasteiger partial charge is 0.335 e. The number of hydrogen-bond donors (Lipinski definition) is 1. The molecule has 19 heavy (non-hydrogen) atoms. The van der Waals surface area contributed by atoms with Crippen molar-refractivity contribution in [3.8, 4) is 0 Å². The van der Waals surface area contributed by atoms with Gasteiger partial charge in [-0.15, -0.1) is 6.58 Å². The fourth-order valence-corrected chi connectivity index (χ4v) is 2.60. The predicted molar refractivity (Wildman–Crippen MR) is 78.0 cm³/mol. The number of unbranched alkanes of at least 4 members (excludes halogenated alkanes) is 3. The molecule has 1 aromatic carbocycles. The van der Waals surface area contributed by atoms with Crippen LogP contribution in [0.1, 0.15) is 41.6 Å². The summed E-state index contributed by atoms with van der Waals surface area (Å²) in [6.45, 7) is 5.81. The number of aromatic carboxylic acids is 1. The number of allylic oxidation sites excluding steroid dienone is 1. The van der Waals surface area contributed by atoms with Gasteiger partial charge in [-0.25, -0.2) is 4.79 Å². The van der Waals surface area contributed by atoms with Crippen LogP contribution in [-0.4, -0.2) is 24.2 Å². The summed E-state index contributed by atoms with van der Waals surface area (Å²) in [5.41, 5.74) is 2.78. The van der Waals surface area contributed by atoms with Gasteiger partial charge in [-0.2, -0.15) is 0 Å². The average molecular weight is 259 g/mol. The van der Waals surface area contributed by atoms with E-state index in [0.29, 0.717) is 5.56 Å². The van der Waals surface area contributed by atoms with Crippen molar-refractivity contribution in [1.82, 2.24) is 0 Å². The normalized spacial score (nSPS) is 13.4. The molecule has 0 saturated heterocycles. The van der Waals surface area contributed by atoms with Crippen LogP contribution in [0.15, 0.2) is 30.9 Å². The highest BCUT2D eigenvalue weighted by molar-refractivity contribution is 5.88. The highest BCUT2D eigenvalue weighted by Crippen LogP contribution is 2.29. The molecule has 0 atom stereocenters. The third kappa shape index (κ3) is 3.37. The Hall–Kier alpha value is -1.77. The van der Waals surface area contributed by atoms with Gasteiger partial charge in [0.1, 0.15) is 0 Å². The maximum absolute atomic E-state index is 10.9. The molecule has 0 radical (unpaired) electrons. The van der Waals surface area contributed by atoms with Crippen molar-refractivity contribution in [1.29, 1.82) is 0 Å². The molecule has 1 aliphatic rings. The average Bonchev–Trinajstić information content (AvgIpc) is 2.81. The van der Waals surface area contributed by atoms with E-state index in [1.165, 1.54) is 30.5 Å². The number of anilines is 1. The van der Waals surface area contributed by atoms with E-state index in [1.54, 1.807) is 6.07 Å². The SMILES string of the molecule is C=CCCCCCN1CCc2cc(C(=O)O)ccc21. The second-order valence-electron chi connectivity index (χ2n) is 5.02. The Kier molecular flexibility index (Phi) is 4.61. The Labute approximate surface area is 114 Å². The number of carboxylic acid groups (broad SMARTS) is 1. The first-order chi connectivity index (χ1) is 9.22. The van der Waals surface area contributed by atoms with Crippen LogP contribution in [0.2, 0.25) is 0 Å². The number of carbonyl (C=O) groups is 1. The van der Waals surface area contributed by atoms with E-state index in [9.17, 15) is 4.79 Å². The van der Waals surface area contributed by atoms with Crippen LogP contribution in [0.25, 0.3) is 0 Å². The van der Waals surface area contributed by atoms with Crippen molar-refractivity contribution in [3.05, 3.63) is 42.0 Å². The third-order valence-corrected chi connectivity index (χ3v) is 3.65. The van der Waals surface area contributed by atoms with Crippen LogP contribution in [-0.2, 0) is 6.42 Å². The minimum absolute atomic E-state index is 0.395. The standard InChI is InChI=1S/C16H21NO2/c1-2-3-4-5-6-10-17-11-9-13-12-14(16(18)19)7-8-15(13)17/h2,7-8,12H,1,3-6,9-11H2,(H,18,19). The van der Waals surface area contributed by atoms with Crippen LogP contribution in [0, 0.1) is 0 Å². The van der Waals surface area contributed by atoms with Gasteiger partial charge < -0.3 is 10.0 Å². The van der Waals surface area contributed by atoms with Crippen molar-refractivity contribution >= 4 is 11.7 Å². The Morgan fingerprint density at radius 2 is 2.21 bits per heavy atom. The lowest BCUT2D eigenvalue weighted by Gasteiger charge is -2.19. The number of rotatable bonds is 7. The molecule has 0 bridgehead atoms. The first kappa shape index (κ1) is 13.7. The summed E-state index contributed by atoms with van der Waals surface area (Å²) in [6, 6.07) is 5.47. The third-order valence-electron chi connectivity index (χ3n) is 3.65. The van der Waals surface area contributed by atoms with Crippen LogP contribution >= 0.6 is 0 Å². The quantitative estimate of drug-likeness (QED) is 0.602. The molecule has 3 nitrogen and oxygen atoms in total. The molecular formula is C16H21NO2. The Morgan fingerprint density at radius 1 is 1.37 bits per heavy atom. The zero-order chi connectivity index (χ0) is 13.7. The molecule has 0 fully saturated rings. The van der Waals surface area contributed by atoms with Crippen LogP contribution in [0.5, 0.6) is 0 Å². The van der Waals surface area contributed by atoms with Crippen molar-refractivity contribution in [2.24, 2.45) is 0 Å². The fourth-order valence-electron chi connectivity index (χ4n) is 2.60. The first-order valence-electron chi connectivity index (χ1n) is 6.94. The van der Waals surface area contributed by atoms with Crippen LogP contribution in [0.3, 0.4) is 0 Å². The molecule has 1 N–H and O–H groups in total. The van der Waals surface area contributed by atoms with E-state index < -0.39 is 5.97 Å². The number of carboxylic acids is 1. The zero-order valence-corrected chi connectivity index (χ0v) is 11.3. The van der Waals surface area contributed by atoms with E-state index in [1.807, 2.05) is 18.2 Å². The molecule has 0 saturated carbocycles. The lowest BCUT2D eigenvalue weighted by Crippen LogP contribution is -2.21. The number of benzene rings is 1. The van der Waals surface area contributed by atoms with E-state index in [0.717, 1.165) is 25.9 Å². The predicted octanol–water partition coefficient (Wildman–Crippen LogP) is 3.49. The van der Waals surface area contributed by atoms with Crippen molar-refractivity contribution < 1.29 is 9.90 Å². The maximum atomic E-state index is 10.9. The summed E-state index contributed by atoms with van der Waals surface area (Å²) in [5, 5.41) is 8.98. The van der Waals surface area contributed by atoms with Crippen LogP contribution in [0.4, 0.5) is 5.69 Å². The van der Waals surface area contributed by atoms with E-state index in [4.69, 9.17) is 5.11 Å². The minimum Gasteiger partial charge on any atom is -0.478 e. The molecule has 102 valence electrons. The Balaban J connectivity index is 1.91. The molecular weight excluding hydrogens is 238 g/mol. The summed E-state index contributed by atoms with van der Waals surface area (Å²) in [5.74, 6) is -0.842. The summed E-state index contributed by atoms with van der Waals surface area (Å²) < 4.78 is 0. The number of hydrogen-bond acceptors (Lipinski definition) is 2. The molecule has 0 spiro atoms. The highest BCUT2D eigenvalue weighted by atomic mass is 16.4. The number of fused-ring (bicyclic) bond motifs is 1. The summed E-state index contributed by atoms with van der Waals surface area (Å²) in [7, 11) is 0. The van der Waals surface area contributed by atoms with Gasteiger partial charge in [0.25, 0.3) is 0 Å². The second kappa shape index (κ2) is 6.41. The topological polar surface area (TPSA) is 40.5 Å². The first-order valence-corrected chi connectivity index (χ1v) is 6.94. The summed E-state index contributed by atoms with van der Waals surface area (Å²) in [4.78, 5) is 13.3. The lowest BCUT2D eigenvalue weighted by molar-refractivity contribution is 0.0697. The zero-order valence-electron chi connectivity index (χ0n) is 11.3. The van der Waals surface area contributed by atoms with Crippen molar-refractivity contribution in [2.45, 2.75) is 32.1 Å². The molecule has 1 aliphatic heterocycles. The molecule has 1 heterocycles. The molecule has 0 unspecified atom stereocenters. The summed E-state index contributed by atoms with van der Waals surface area (Å²) >= 11 is 0. The minimum atomic E-state index is -0.842. The van der Waals surface area contributed by atoms with Gasteiger partial charge in [-0.1, -0.05) is 12.5 Å². The van der Waals surface area contributed by atoms with Gasteiger partial charge >= 0.3 is 5.97 Å². The van der Waals surface area contributed by atoms with Gasteiger partial charge in [0, 0.05) is 18.8 Å². The molecule has 1 aromatic rings. The summed E-state index contributed by atoms with van der Waals surface area (Å²) in [6.07, 6.45) is 7.65. The second-order valence-corrected chi connectivity index (χ2v) is 5.02. The van der Waals surface area contributed by atoms with Crippen molar-refractivity contribution in [2.75, 3.05) is 18.0 Å². The van der Waals surface area contributed by atoms with E-state index in [-0.39, 0.29) is 0 Å². The number of nitrogens with zero attached hydrogens (tertiary/aromatic N) is 1. The van der Waals surface area contributed by atoms with Gasteiger partial charge in [-0.3, -0.25) is 0 Å². The maximum Gasteiger partial charge on any atom is 0.335 e. The van der Waals surface area contributed by atoms with Crippen molar-refractivity contribution in [3.63, 3.8) is 0 Å². The molecule has 3 heteroatoms. The molecule has 0 amide bonds. The molecule has 0 aromatic heterocycles. The van der Waals surface area contributed by atoms with E-state index >= 15 is 0 Å². The highest BCUT2D eigenvalue weighted by Gasteiger charge is 2.19. The Bertz CT molecular complexity index is 468. The lowest BCUT2D eigenvalue weighted by atomic mass is 10.1. The monoisotopic (exact) mass is 259 g/mol. The van der Waals surface area contributed by atoms with Gasteiger partial charge in [0.2, 0.25) is 0 Å². The van der Waals surface area contributed by atoms with E-state index in [2.05, 4.69) is 11.5 Å². The Morgan fingerprint density at radius 3 is 2.95 bits per heavy atom. The largest absolute Gasteiger partial charge is 0.478 e.